The van der Waals surface area contributed by atoms with E-state index in [-0.39, 0.29) is 5.75 Å². The first-order valence-corrected chi connectivity index (χ1v) is 10.4. The molecule has 0 bridgehead atoms. The number of allylic oxidation sites excluding steroid dienone is 2. The molecule has 3 nitrogen and oxygen atoms in total. The number of halogens is 6. The molecule has 1 heterocycles. The average Bonchev–Trinajstić information content (AvgIpc) is 2.86. The summed E-state index contributed by atoms with van der Waals surface area (Å²) in [5.41, 5.74) is 0. The summed E-state index contributed by atoms with van der Waals surface area (Å²) in [5, 5.41) is -2.74. The second-order valence-electron chi connectivity index (χ2n) is 8.47. The first-order chi connectivity index (χ1) is 12.3. The average molecular weight is 432 g/mol. The van der Waals surface area contributed by atoms with Crippen molar-refractivity contribution in [1.29, 1.82) is 0 Å². The van der Waals surface area contributed by atoms with Crippen LogP contribution in [0.25, 0.3) is 0 Å². The first-order valence-electron chi connectivity index (χ1n) is 8.40. The standard InChI is InChI=1S/C18H23F6O3P/c1-15(2,3)28(16(4,5)6,25-12-10-8-7-9-11-12)26-13(17(19,20)21)14(27-28)18(22,23)24/h7-11H,1-6H3. The molecular weight excluding hydrogens is 409 g/mol. The van der Waals surface area contributed by atoms with Crippen LogP contribution in [0.4, 0.5) is 26.3 Å². The van der Waals surface area contributed by atoms with Gasteiger partial charge in [0.25, 0.3) is 0 Å². The van der Waals surface area contributed by atoms with Crippen molar-refractivity contribution in [1.82, 2.24) is 0 Å². The Morgan fingerprint density at radius 3 is 1.32 bits per heavy atom. The van der Waals surface area contributed by atoms with Crippen molar-refractivity contribution in [3.05, 3.63) is 41.9 Å². The number of benzene rings is 1. The maximum atomic E-state index is 13.6. The summed E-state index contributed by atoms with van der Waals surface area (Å²) in [5.74, 6) is -4.37. The van der Waals surface area contributed by atoms with Gasteiger partial charge >= 0.3 is 159 Å². The summed E-state index contributed by atoms with van der Waals surface area (Å²) in [6, 6.07) is 7.59. The summed E-state index contributed by atoms with van der Waals surface area (Å²) < 4.78 is 98.0. The van der Waals surface area contributed by atoms with Gasteiger partial charge in [0, 0.05) is 0 Å². The Bertz CT molecular complexity index is 726. The summed E-state index contributed by atoms with van der Waals surface area (Å²) in [6.45, 7) is 8.70. The van der Waals surface area contributed by atoms with Crippen LogP contribution >= 0.6 is 7.28 Å². The van der Waals surface area contributed by atoms with E-state index < -0.39 is 41.5 Å². The summed E-state index contributed by atoms with van der Waals surface area (Å²) in [4.78, 5) is 0. The molecule has 0 aromatic heterocycles. The van der Waals surface area contributed by atoms with Gasteiger partial charge in [0.15, 0.2) is 0 Å². The van der Waals surface area contributed by atoms with Gasteiger partial charge < -0.3 is 0 Å². The molecule has 1 aromatic rings. The maximum absolute atomic E-state index is 13.6. The van der Waals surface area contributed by atoms with Gasteiger partial charge in [0.2, 0.25) is 0 Å². The van der Waals surface area contributed by atoms with E-state index in [1.165, 1.54) is 53.7 Å². The van der Waals surface area contributed by atoms with E-state index in [0.29, 0.717) is 0 Å². The van der Waals surface area contributed by atoms with Crippen molar-refractivity contribution in [2.75, 3.05) is 0 Å². The van der Waals surface area contributed by atoms with Crippen LogP contribution in [0.5, 0.6) is 5.75 Å². The second-order valence-corrected chi connectivity index (χ2v) is 13.5. The number of para-hydroxylation sites is 1. The van der Waals surface area contributed by atoms with Crippen LogP contribution in [0.15, 0.2) is 41.9 Å². The molecular formula is C18H23F6O3P. The van der Waals surface area contributed by atoms with Gasteiger partial charge in [-0.05, 0) is 0 Å². The topological polar surface area (TPSA) is 27.7 Å². The predicted octanol–water partition coefficient (Wildman–Crippen LogP) is 7.34. The number of hydrogen-bond acceptors (Lipinski definition) is 3. The molecule has 0 radical (unpaired) electrons. The Hall–Kier alpha value is -1.63. The molecule has 160 valence electrons. The number of rotatable bonds is 2. The van der Waals surface area contributed by atoms with Crippen LogP contribution in [0, 0.1) is 0 Å². The van der Waals surface area contributed by atoms with Gasteiger partial charge in [-0.3, -0.25) is 0 Å². The third-order valence-electron chi connectivity index (χ3n) is 4.56. The van der Waals surface area contributed by atoms with E-state index in [1.807, 2.05) is 0 Å². The first kappa shape index (κ1) is 22.7. The molecule has 10 heteroatoms. The van der Waals surface area contributed by atoms with Crippen molar-refractivity contribution >= 4 is 7.28 Å². The minimum atomic E-state index is -5.42. The monoisotopic (exact) mass is 432 g/mol. The van der Waals surface area contributed by atoms with E-state index in [9.17, 15) is 26.3 Å². The molecule has 0 saturated heterocycles. The predicted molar refractivity (Wildman–Crippen MR) is 94.8 cm³/mol. The Balaban J connectivity index is 2.86. The Morgan fingerprint density at radius 1 is 0.679 bits per heavy atom. The molecule has 0 amide bonds. The Kier molecular flexibility index (Phi) is 5.00. The molecule has 1 aliphatic heterocycles. The fourth-order valence-corrected chi connectivity index (χ4v) is 8.64. The van der Waals surface area contributed by atoms with Crippen LogP contribution in [0.3, 0.4) is 0 Å². The third kappa shape index (κ3) is 3.21. The zero-order valence-corrected chi connectivity index (χ0v) is 17.2. The second kappa shape index (κ2) is 6.18. The molecule has 0 fully saturated rings. The van der Waals surface area contributed by atoms with E-state index in [1.54, 1.807) is 18.2 Å². The molecule has 0 aliphatic carbocycles. The van der Waals surface area contributed by atoms with E-state index in [4.69, 9.17) is 13.6 Å². The summed E-state index contributed by atoms with van der Waals surface area (Å²) in [6.07, 6.45) is -10.8. The zero-order valence-electron chi connectivity index (χ0n) is 16.3. The van der Waals surface area contributed by atoms with Crippen LogP contribution < -0.4 is 4.52 Å². The molecule has 0 atom stereocenters. The van der Waals surface area contributed by atoms with Gasteiger partial charge in [0.05, 0.1) is 0 Å². The molecule has 2 rings (SSSR count). The third-order valence-corrected chi connectivity index (χ3v) is 10.8. The van der Waals surface area contributed by atoms with Gasteiger partial charge in [-0.2, -0.15) is 0 Å². The quantitative estimate of drug-likeness (QED) is 0.361. The van der Waals surface area contributed by atoms with Crippen molar-refractivity contribution in [2.24, 2.45) is 0 Å². The van der Waals surface area contributed by atoms with Crippen LogP contribution in [0.1, 0.15) is 41.5 Å². The molecule has 0 spiro atoms. The van der Waals surface area contributed by atoms with E-state index in [2.05, 4.69) is 0 Å². The van der Waals surface area contributed by atoms with Gasteiger partial charge in [-0.25, -0.2) is 0 Å². The van der Waals surface area contributed by atoms with Crippen molar-refractivity contribution < 1.29 is 39.9 Å². The molecule has 28 heavy (non-hydrogen) atoms. The fraction of sp³-hybridized carbons (Fsp3) is 0.556. The molecule has 0 saturated carbocycles. The Labute approximate surface area is 159 Å². The molecule has 1 aliphatic rings. The summed E-state index contributed by atoms with van der Waals surface area (Å²) in [7, 11) is -5.20. The van der Waals surface area contributed by atoms with Crippen molar-refractivity contribution in [2.45, 2.75) is 64.2 Å². The van der Waals surface area contributed by atoms with Crippen LogP contribution in [-0.4, -0.2) is 22.7 Å². The Morgan fingerprint density at radius 2 is 1.04 bits per heavy atom. The van der Waals surface area contributed by atoms with Gasteiger partial charge in [0.1, 0.15) is 0 Å². The van der Waals surface area contributed by atoms with Crippen LogP contribution in [0.2, 0.25) is 0 Å². The summed E-state index contributed by atoms with van der Waals surface area (Å²) >= 11 is 0. The number of hydrogen-bond donors (Lipinski definition) is 0. The van der Waals surface area contributed by atoms with Crippen LogP contribution in [-0.2, 0) is 9.05 Å². The van der Waals surface area contributed by atoms with Crippen molar-refractivity contribution in [3.63, 3.8) is 0 Å². The van der Waals surface area contributed by atoms with Crippen molar-refractivity contribution in [3.8, 4) is 5.75 Å². The fourth-order valence-electron chi connectivity index (χ4n) is 3.33. The zero-order chi connectivity index (χ0) is 21.8. The number of alkyl halides is 6. The SMILES string of the molecule is CC(C)(C)P1(Oc2ccccc2)(C(C)(C)C)OC(C(F)(F)F)=C(C(F)(F)F)O1. The molecule has 0 N–H and O–H groups in total. The van der Waals surface area contributed by atoms with Gasteiger partial charge in [-0.15, -0.1) is 0 Å². The normalized spacial score (nSPS) is 21.4. The molecule has 0 unspecified atom stereocenters. The molecule has 1 aromatic carbocycles. The van der Waals surface area contributed by atoms with Gasteiger partial charge in [-0.1, -0.05) is 0 Å². The van der Waals surface area contributed by atoms with E-state index >= 15 is 0 Å². The minimum absolute atomic E-state index is 0.0509. The van der Waals surface area contributed by atoms with E-state index in [0.717, 1.165) is 0 Å².